The Labute approximate surface area is 247 Å². The van der Waals surface area contributed by atoms with Crippen LogP contribution in [-0.2, 0) is 4.57 Å². The third kappa shape index (κ3) is 3.34. The van der Waals surface area contributed by atoms with Crippen molar-refractivity contribution in [1.82, 2.24) is 14.1 Å². The van der Waals surface area contributed by atoms with Crippen LogP contribution < -0.4 is 15.9 Å². The maximum atomic E-state index is 15.3. The van der Waals surface area contributed by atoms with Gasteiger partial charge in [0.1, 0.15) is 0 Å². The van der Waals surface area contributed by atoms with Crippen LogP contribution in [0, 0.1) is 0 Å². The number of benzene rings is 4. The molecule has 1 unspecified atom stereocenters. The van der Waals surface area contributed by atoms with Gasteiger partial charge in [-0.25, -0.2) is 0 Å². The molecule has 0 saturated carbocycles. The summed E-state index contributed by atoms with van der Waals surface area (Å²) in [7, 11) is -3.21. The molecule has 43 heavy (non-hydrogen) atoms. The zero-order valence-corrected chi connectivity index (χ0v) is 23.9. The molecule has 1 aliphatic heterocycles. The Balaban J connectivity index is 1.24. The molecule has 9 rings (SSSR count). The highest BCUT2D eigenvalue weighted by Crippen LogP contribution is 2.50. The number of hydrogen-bond acceptors (Lipinski definition) is 3. The zero-order valence-electron chi connectivity index (χ0n) is 23.0. The van der Waals surface area contributed by atoms with Gasteiger partial charge in [-0.2, -0.15) is 0 Å². The first-order chi connectivity index (χ1) is 21.2. The van der Waals surface area contributed by atoms with Crippen molar-refractivity contribution < 1.29 is 8.98 Å². The normalized spacial score (nSPS) is 15.6. The van der Waals surface area contributed by atoms with Gasteiger partial charge < -0.3 is 13.5 Å². The number of pyridine rings is 1. The molecule has 8 aromatic rings. The molecule has 1 aliphatic rings. The fourth-order valence-corrected chi connectivity index (χ4v) is 9.57. The van der Waals surface area contributed by atoms with Crippen LogP contribution in [0.1, 0.15) is 0 Å². The van der Waals surface area contributed by atoms with Crippen LogP contribution in [0.2, 0.25) is 0 Å². The minimum Gasteiger partial charge on any atom is -0.447 e. The summed E-state index contributed by atoms with van der Waals surface area (Å²) in [6.07, 6.45) is 3.50. The number of furan rings is 1. The SMILES string of the molecule is O=P1(c2ccccc2)c2ccccc2-c2ccc(-c3ccc(-n4c5ccccc5c5ncccc54)cc3)n2-c2occc21. The number of aromatic nitrogens is 3. The highest BCUT2D eigenvalue weighted by Gasteiger charge is 2.40. The lowest BCUT2D eigenvalue weighted by Crippen LogP contribution is -2.25. The second-order valence-corrected chi connectivity index (χ2v) is 13.5. The summed E-state index contributed by atoms with van der Waals surface area (Å²) in [5.74, 6) is 0.593. The van der Waals surface area contributed by atoms with E-state index in [1.54, 1.807) is 6.26 Å². The largest absolute Gasteiger partial charge is 0.447 e. The van der Waals surface area contributed by atoms with Crippen molar-refractivity contribution in [3.05, 3.63) is 146 Å². The molecule has 5 nitrogen and oxygen atoms in total. The van der Waals surface area contributed by atoms with Gasteiger partial charge in [0, 0.05) is 33.4 Å². The number of rotatable bonds is 3. The minimum absolute atomic E-state index is 0.593. The molecule has 6 heteroatoms. The molecular weight excluding hydrogens is 549 g/mol. The molecule has 0 amide bonds. The van der Waals surface area contributed by atoms with Crippen molar-refractivity contribution in [1.29, 1.82) is 0 Å². The van der Waals surface area contributed by atoms with Crippen LogP contribution in [-0.4, -0.2) is 14.1 Å². The molecular formula is C37H24N3O2P. The third-order valence-electron chi connectivity index (χ3n) is 8.54. The molecule has 4 aromatic heterocycles. The van der Waals surface area contributed by atoms with Crippen LogP contribution in [0.3, 0.4) is 0 Å². The molecule has 0 radical (unpaired) electrons. The van der Waals surface area contributed by atoms with E-state index in [0.29, 0.717) is 11.2 Å². The quantitative estimate of drug-likeness (QED) is 0.202. The van der Waals surface area contributed by atoms with E-state index in [1.807, 2.05) is 66.9 Å². The summed E-state index contributed by atoms with van der Waals surface area (Å²) >= 11 is 0. The maximum Gasteiger partial charge on any atom is 0.215 e. The highest BCUT2D eigenvalue weighted by atomic mass is 31.2. The van der Waals surface area contributed by atoms with Crippen LogP contribution in [0.4, 0.5) is 0 Å². The Morgan fingerprint density at radius 1 is 0.605 bits per heavy atom. The predicted octanol–water partition coefficient (Wildman–Crippen LogP) is 7.85. The first-order valence-electron chi connectivity index (χ1n) is 14.2. The van der Waals surface area contributed by atoms with Gasteiger partial charge in [-0.15, -0.1) is 0 Å². The standard InChI is InChI=1S/C37H24N3O2P/c41-43(27-9-2-1-3-10-27)34-15-7-5-11-28(34)32-21-20-30(40(32)37-35(43)22-24-42-37)25-16-18-26(19-17-25)39-31-13-6-4-12-29(31)36-33(39)14-8-23-38-36/h1-24H. The number of fused-ring (bicyclic) bond motifs is 8. The van der Waals surface area contributed by atoms with Gasteiger partial charge >= 0.3 is 0 Å². The van der Waals surface area contributed by atoms with Crippen LogP contribution >= 0.6 is 7.14 Å². The van der Waals surface area contributed by atoms with Gasteiger partial charge in [-0.05, 0) is 54.1 Å². The van der Waals surface area contributed by atoms with Crippen molar-refractivity contribution in [2.24, 2.45) is 0 Å². The first-order valence-corrected chi connectivity index (χ1v) is 15.9. The average Bonchev–Trinajstić information content (AvgIpc) is 3.80. The Morgan fingerprint density at radius 3 is 2.23 bits per heavy atom. The van der Waals surface area contributed by atoms with Gasteiger partial charge in [0.15, 0.2) is 7.14 Å². The van der Waals surface area contributed by atoms with E-state index in [-0.39, 0.29) is 0 Å². The lowest BCUT2D eigenvalue weighted by molar-refractivity contribution is 0.543. The van der Waals surface area contributed by atoms with Crippen LogP contribution in [0.15, 0.2) is 150 Å². The zero-order chi connectivity index (χ0) is 28.5. The van der Waals surface area contributed by atoms with Gasteiger partial charge in [-0.3, -0.25) is 9.55 Å². The van der Waals surface area contributed by atoms with Crippen molar-refractivity contribution in [2.75, 3.05) is 0 Å². The van der Waals surface area contributed by atoms with Gasteiger partial charge in [-0.1, -0.05) is 84.9 Å². The molecule has 5 heterocycles. The fraction of sp³-hybridized carbons (Fsp3) is 0. The van der Waals surface area contributed by atoms with E-state index in [4.69, 9.17) is 4.42 Å². The molecule has 0 bridgehead atoms. The lowest BCUT2D eigenvalue weighted by atomic mass is 10.1. The molecule has 1 atom stereocenters. The van der Waals surface area contributed by atoms with E-state index < -0.39 is 7.14 Å². The van der Waals surface area contributed by atoms with Gasteiger partial charge in [0.05, 0.1) is 39.5 Å². The van der Waals surface area contributed by atoms with E-state index in [0.717, 1.165) is 60.7 Å². The van der Waals surface area contributed by atoms with Crippen molar-refractivity contribution >= 4 is 45.0 Å². The first kappa shape index (κ1) is 24.2. The Hall–Kier alpha value is -5.38. The molecule has 0 N–H and O–H groups in total. The summed E-state index contributed by atoms with van der Waals surface area (Å²) in [6, 6.07) is 45.0. The average molecular weight is 574 g/mol. The molecule has 0 fully saturated rings. The fourth-order valence-electron chi connectivity index (χ4n) is 6.65. The third-order valence-corrected chi connectivity index (χ3v) is 11.6. The van der Waals surface area contributed by atoms with Gasteiger partial charge in [0.2, 0.25) is 5.88 Å². The molecule has 0 aliphatic carbocycles. The Bertz CT molecular complexity index is 2330. The maximum absolute atomic E-state index is 15.3. The van der Waals surface area contributed by atoms with Crippen molar-refractivity contribution in [3.63, 3.8) is 0 Å². The number of para-hydroxylation sites is 1. The summed E-state index contributed by atoms with van der Waals surface area (Å²) < 4.78 is 25.9. The highest BCUT2D eigenvalue weighted by molar-refractivity contribution is 7.85. The number of nitrogens with zero attached hydrogens (tertiary/aromatic N) is 3. The minimum atomic E-state index is -3.21. The van der Waals surface area contributed by atoms with E-state index >= 15 is 4.57 Å². The second-order valence-electron chi connectivity index (χ2n) is 10.8. The van der Waals surface area contributed by atoms with Crippen molar-refractivity contribution in [3.8, 4) is 34.1 Å². The summed E-state index contributed by atoms with van der Waals surface area (Å²) in [4.78, 5) is 4.68. The van der Waals surface area contributed by atoms with E-state index in [1.165, 1.54) is 0 Å². The Morgan fingerprint density at radius 2 is 1.35 bits per heavy atom. The summed E-state index contributed by atoms with van der Waals surface area (Å²) in [5, 5.41) is 3.45. The summed E-state index contributed by atoms with van der Waals surface area (Å²) in [6.45, 7) is 0. The second kappa shape index (κ2) is 9.06. The van der Waals surface area contributed by atoms with E-state index in [2.05, 4.69) is 86.9 Å². The van der Waals surface area contributed by atoms with Crippen LogP contribution in [0.25, 0.3) is 56.0 Å². The van der Waals surface area contributed by atoms with Gasteiger partial charge in [0.25, 0.3) is 0 Å². The summed E-state index contributed by atoms with van der Waals surface area (Å²) in [5.41, 5.74) is 8.14. The van der Waals surface area contributed by atoms with Crippen LogP contribution in [0.5, 0.6) is 0 Å². The van der Waals surface area contributed by atoms with Crippen molar-refractivity contribution in [2.45, 2.75) is 0 Å². The molecule has 0 saturated heterocycles. The smallest absolute Gasteiger partial charge is 0.215 e. The topological polar surface area (TPSA) is 53.0 Å². The molecule has 204 valence electrons. The molecule has 0 spiro atoms. The lowest BCUT2D eigenvalue weighted by Gasteiger charge is -2.19. The predicted molar refractivity (Wildman–Crippen MR) is 174 cm³/mol. The monoisotopic (exact) mass is 573 g/mol. The molecule has 4 aromatic carbocycles. The number of hydrogen-bond donors (Lipinski definition) is 0. The van der Waals surface area contributed by atoms with E-state index in [9.17, 15) is 0 Å². The Kier molecular flexibility index (Phi) is 5.11.